The van der Waals surface area contributed by atoms with Crippen LogP contribution in [0.2, 0.25) is 0 Å². The summed E-state index contributed by atoms with van der Waals surface area (Å²) in [5.41, 5.74) is 0.176. The summed E-state index contributed by atoms with van der Waals surface area (Å²) >= 11 is 0. The molecular weight excluding hydrogens is 341 g/mol. The first-order chi connectivity index (χ1) is 10.5. The van der Waals surface area contributed by atoms with Gasteiger partial charge in [0.1, 0.15) is 11.3 Å². The molecule has 0 saturated carbocycles. The van der Waals surface area contributed by atoms with Crippen LogP contribution < -0.4 is 0 Å². The van der Waals surface area contributed by atoms with E-state index in [2.05, 4.69) is 11.3 Å². The summed E-state index contributed by atoms with van der Waals surface area (Å²) in [6.07, 6.45) is -3.06. The van der Waals surface area contributed by atoms with E-state index < -0.39 is 46.3 Å². The smallest absolute Gasteiger partial charge is 0.400 e. The molecular formula is C13H13F3O6S. The molecule has 0 aliphatic heterocycles. The third kappa shape index (κ3) is 4.45. The fraction of sp³-hybridized carbons (Fsp3) is 0.308. The van der Waals surface area contributed by atoms with E-state index in [1.165, 1.54) is 24.3 Å². The van der Waals surface area contributed by atoms with Gasteiger partial charge in [-0.3, -0.25) is 4.55 Å². The number of benzene rings is 1. The lowest BCUT2D eigenvalue weighted by molar-refractivity contribution is -0.0163. The average Bonchev–Trinajstić information content (AvgIpc) is 2.46. The number of alkyl halides is 3. The summed E-state index contributed by atoms with van der Waals surface area (Å²) in [5.74, 6) is -1.56. The first-order valence-electron chi connectivity index (χ1n) is 6.12. The number of hydrogen-bond acceptors (Lipinski definition) is 5. The maximum absolute atomic E-state index is 13.2. The van der Waals surface area contributed by atoms with Crippen molar-refractivity contribution in [3.8, 4) is 5.75 Å². The molecule has 0 aliphatic rings. The number of carbonyl (C=O) groups excluding carboxylic acids is 1. The SMILES string of the molecule is C=Cc1ccc(O)c(C(=O)OCCC(F)C(F)(F)S(=O)(=O)O)c1. The summed E-state index contributed by atoms with van der Waals surface area (Å²) in [5, 5.41) is 4.49. The standard InChI is InChI=1S/C13H13F3O6S/c1-2-8-3-4-10(17)9(7-8)12(18)22-6-5-11(14)13(15,16)23(19,20)21/h2-4,7,11,17H,1,5-6H2,(H,19,20,21). The molecule has 0 heterocycles. The lowest BCUT2D eigenvalue weighted by Crippen LogP contribution is -2.39. The Bertz CT molecular complexity index is 702. The second-order valence-corrected chi connectivity index (χ2v) is 5.90. The van der Waals surface area contributed by atoms with Gasteiger partial charge in [0.2, 0.25) is 0 Å². The van der Waals surface area contributed by atoms with Crippen molar-refractivity contribution < 1.29 is 40.8 Å². The second-order valence-electron chi connectivity index (χ2n) is 4.41. The monoisotopic (exact) mass is 354 g/mol. The summed E-state index contributed by atoms with van der Waals surface area (Å²) in [6.45, 7) is 2.56. The molecule has 2 N–H and O–H groups in total. The molecule has 128 valence electrons. The highest BCUT2D eigenvalue weighted by Crippen LogP contribution is 2.29. The van der Waals surface area contributed by atoms with Gasteiger partial charge in [-0.2, -0.15) is 17.2 Å². The molecule has 0 fully saturated rings. The zero-order valence-corrected chi connectivity index (χ0v) is 12.4. The van der Waals surface area contributed by atoms with E-state index >= 15 is 0 Å². The van der Waals surface area contributed by atoms with Crippen LogP contribution in [0.1, 0.15) is 22.3 Å². The Labute approximate surface area is 129 Å². The minimum absolute atomic E-state index is 0.292. The quantitative estimate of drug-likeness (QED) is 0.576. The molecule has 1 unspecified atom stereocenters. The molecule has 23 heavy (non-hydrogen) atoms. The molecule has 1 aromatic carbocycles. The highest BCUT2D eigenvalue weighted by atomic mass is 32.2. The maximum atomic E-state index is 13.2. The zero-order valence-electron chi connectivity index (χ0n) is 11.6. The van der Waals surface area contributed by atoms with E-state index in [1.54, 1.807) is 0 Å². The number of phenolic OH excluding ortho intramolecular Hbond substituents is 1. The minimum Gasteiger partial charge on any atom is -0.507 e. The maximum Gasteiger partial charge on any atom is 0.400 e. The average molecular weight is 354 g/mol. The molecule has 0 spiro atoms. The molecule has 0 bridgehead atoms. The van der Waals surface area contributed by atoms with Gasteiger partial charge in [0.05, 0.1) is 6.61 Å². The number of hydrogen-bond donors (Lipinski definition) is 2. The Morgan fingerprint density at radius 3 is 2.57 bits per heavy atom. The Morgan fingerprint density at radius 2 is 2.04 bits per heavy atom. The summed E-state index contributed by atoms with van der Waals surface area (Å²) in [6, 6.07) is 3.84. The van der Waals surface area contributed by atoms with E-state index in [4.69, 9.17) is 4.55 Å². The number of halogens is 3. The van der Waals surface area contributed by atoms with E-state index in [9.17, 15) is 31.5 Å². The fourth-order valence-corrected chi connectivity index (χ4v) is 1.95. The van der Waals surface area contributed by atoms with Gasteiger partial charge in [-0.25, -0.2) is 9.18 Å². The van der Waals surface area contributed by atoms with Crippen LogP contribution in [-0.2, 0) is 14.9 Å². The van der Waals surface area contributed by atoms with Crippen LogP contribution in [0.15, 0.2) is 24.8 Å². The normalized spacial score (nSPS) is 13.4. The first kappa shape index (κ1) is 19.0. The van der Waals surface area contributed by atoms with Crippen LogP contribution in [0.3, 0.4) is 0 Å². The predicted octanol–water partition coefficient (Wildman–Crippen LogP) is 2.40. The van der Waals surface area contributed by atoms with Crippen molar-refractivity contribution in [1.29, 1.82) is 0 Å². The fourth-order valence-electron chi connectivity index (χ4n) is 1.51. The van der Waals surface area contributed by atoms with Crippen LogP contribution in [0, 0.1) is 0 Å². The van der Waals surface area contributed by atoms with Crippen molar-refractivity contribution in [1.82, 2.24) is 0 Å². The molecule has 1 atom stereocenters. The van der Waals surface area contributed by atoms with Crippen LogP contribution >= 0.6 is 0 Å². The third-order valence-corrected chi connectivity index (χ3v) is 3.73. The number of rotatable bonds is 7. The van der Waals surface area contributed by atoms with Gasteiger partial charge in [0, 0.05) is 6.42 Å². The van der Waals surface area contributed by atoms with Gasteiger partial charge in [0.25, 0.3) is 0 Å². The van der Waals surface area contributed by atoms with Gasteiger partial charge in [-0.15, -0.1) is 0 Å². The molecule has 0 aromatic heterocycles. The number of aromatic hydroxyl groups is 1. The molecule has 0 radical (unpaired) electrons. The van der Waals surface area contributed by atoms with Gasteiger partial charge >= 0.3 is 21.3 Å². The largest absolute Gasteiger partial charge is 0.507 e. The topological polar surface area (TPSA) is 101 Å². The van der Waals surface area contributed by atoms with E-state index in [-0.39, 0.29) is 5.56 Å². The van der Waals surface area contributed by atoms with Crippen molar-refractivity contribution >= 4 is 22.2 Å². The van der Waals surface area contributed by atoms with Crippen LogP contribution in [-0.4, -0.2) is 42.1 Å². The number of ether oxygens (including phenoxy) is 1. The first-order valence-corrected chi connectivity index (χ1v) is 7.56. The van der Waals surface area contributed by atoms with E-state index in [1.807, 2.05) is 0 Å². The van der Waals surface area contributed by atoms with Crippen LogP contribution in [0.5, 0.6) is 5.75 Å². The predicted molar refractivity (Wildman–Crippen MR) is 74.5 cm³/mol. The van der Waals surface area contributed by atoms with Crippen molar-refractivity contribution in [2.24, 2.45) is 0 Å². The van der Waals surface area contributed by atoms with Crippen molar-refractivity contribution in [3.05, 3.63) is 35.9 Å². The molecule has 0 amide bonds. The number of carbonyl (C=O) groups is 1. The lowest BCUT2D eigenvalue weighted by atomic mass is 10.1. The molecule has 1 aromatic rings. The van der Waals surface area contributed by atoms with Crippen LogP contribution in [0.4, 0.5) is 13.2 Å². The van der Waals surface area contributed by atoms with Crippen molar-refractivity contribution in [2.45, 2.75) is 17.8 Å². The van der Waals surface area contributed by atoms with E-state index in [0.29, 0.717) is 5.56 Å². The Hall–Kier alpha value is -2.07. The summed E-state index contributed by atoms with van der Waals surface area (Å²) < 4.78 is 72.5. The minimum atomic E-state index is -5.92. The van der Waals surface area contributed by atoms with Crippen molar-refractivity contribution in [3.63, 3.8) is 0 Å². The molecule has 10 heteroatoms. The summed E-state index contributed by atoms with van der Waals surface area (Å²) in [4.78, 5) is 11.7. The van der Waals surface area contributed by atoms with Gasteiger partial charge in [0.15, 0.2) is 6.17 Å². The third-order valence-electron chi connectivity index (χ3n) is 2.79. The molecule has 1 rings (SSSR count). The molecule has 0 aliphatic carbocycles. The second kappa shape index (κ2) is 7.01. The van der Waals surface area contributed by atoms with Crippen LogP contribution in [0.25, 0.3) is 6.08 Å². The van der Waals surface area contributed by atoms with Crippen molar-refractivity contribution in [2.75, 3.05) is 6.61 Å². The number of esters is 1. The Balaban J connectivity index is 2.70. The van der Waals surface area contributed by atoms with E-state index in [0.717, 1.165) is 0 Å². The zero-order chi connectivity index (χ0) is 17.8. The Morgan fingerprint density at radius 1 is 1.43 bits per heavy atom. The molecule has 6 nitrogen and oxygen atoms in total. The van der Waals surface area contributed by atoms with Gasteiger partial charge in [-0.05, 0) is 17.7 Å². The number of phenols is 1. The Kier molecular flexibility index (Phi) is 5.78. The highest BCUT2D eigenvalue weighted by Gasteiger charge is 2.52. The van der Waals surface area contributed by atoms with Gasteiger partial charge in [-0.1, -0.05) is 18.7 Å². The lowest BCUT2D eigenvalue weighted by Gasteiger charge is -2.17. The highest BCUT2D eigenvalue weighted by molar-refractivity contribution is 7.86. The van der Waals surface area contributed by atoms with Gasteiger partial charge < -0.3 is 9.84 Å². The molecule has 0 saturated heterocycles. The summed E-state index contributed by atoms with van der Waals surface area (Å²) in [7, 11) is -5.92.